The van der Waals surface area contributed by atoms with Gasteiger partial charge in [0.05, 0.1) is 26.4 Å². The molecular formula is C13H16O4. The van der Waals surface area contributed by atoms with Crippen molar-refractivity contribution >= 4 is 0 Å². The van der Waals surface area contributed by atoms with E-state index in [1.807, 2.05) is 18.2 Å². The Bertz CT molecular complexity index is 414. The third-order valence-corrected chi connectivity index (χ3v) is 3.42. The number of ether oxygens (including phenoxy) is 3. The smallest absolute Gasteiger partial charge is 0.119 e. The number of aliphatic hydroxyl groups is 1. The van der Waals surface area contributed by atoms with E-state index in [2.05, 4.69) is 0 Å². The number of fused-ring (bicyclic) bond motifs is 1. The summed E-state index contributed by atoms with van der Waals surface area (Å²) >= 11 is 0. The summed E-state index contributed by atoms with van der Waals surface area (Å²) in [6, 6.07) is 5.80. The van der Waals surface area contributed by atoms with Crippen LogP contribution in [0.1, 0.15) is 17.2 Å². The minimum Gasteiger partial charge on any atom is -0.497 e. The minimum atomic E-state index is -0.555. The van der Waals surface area contributed by atoms with Gasteiger partial charge in [-0.05, 0) is 23.3 Å². The van der Waals surface area contributed by atoms with Crippen LogP contribution in [0.15, 0.2) is 18.2 Å². The number of hydrogen-bond acceptors (Lipinski definition) is 4. The fourth-order valence-electron chi connectivity index (χ4n) is 2.35. The van der Waals surface area contributed by atoms with Gasteiger partial charge in [0, 0.05) is 6.42 Å². The maximum atomic E-state index is 10.2. The van der Waals surface area contributed by atoms with E-state index in [0.29, 0.717) is 13.2 Å². The first-order valence-corrected chi connectivity index (χ1v) is 5.86. The summed E-state index contributed by atoms with van der Waals surface area (Å²) in [7, 11) is 1.63. The second kappa shape index (κ2) is 4.29. The Morgan fingerprint density at radius 3 is 2.82 bits per heavy atom. The molecule has 1 fully saturated rings. The van der Waals surface area contributed by atoms with Crippen LogP contribution in [-0.4, -0.2) is 37.6 Å². The van der Waals surface area contributed by atoms with Gasteiger partial charge in [0.2, 0.25) is 0 Å². The number of benzene rings is 1. The summed E-state index contributed by atoms with van der Waals surface area (Å²) in [5.41, 5.74) is 2.07. The van der Waals surface area contributed by atoms with E-state index in [4.69, 9.17) is 14.2 Å². The summed E-state index contributed by atoms with van der Waals surface area (Å²) in [5.74, 6) is 0.774. The highest BCUT2D eigenvalue weighted by Gasteiger charge is 2.35. The van der Waals surface area contributed by atoms with E-state index in [9.17, 15) is 5.11 Å². The third kappa shape index (κ3) is 1.92. The highest BCUT2D eigenvalue weighted by atomic mass is 16.6. The topological polar surface area (TPSA) is 47.9 Å². The molecule has 0 saturated carbocycles. The van der Waals surface area contributed by atoms with Crippen molar-refractivity contribution in [1.29, 1.82) is 0 Å². The van der Waals surface area contributed by atoms with Gasteiger partial charge in [-0.15, -0.1) is 0 Å². The molecule has 0 radical (unpaired) electrons. The molecule has 0 bridgehead atoms. The fourth-order valence-corrected chi connectivity index (χ4v) is 2.35. The van der Waals surface area contributed by atoms with E-state index >= 15 is 0 Å². The lowest BCUT2D eigenvalue weighted by atomic mass is 10.1. The Kier molecular flexibility index (Phi) is 2.78. The summed E-state index contributed by atoms with van der Waals surface area (Å²) in [6.07, 6.45) is 0.203. The van der Waals surface area contributed by atoms with Gasteiger partial charge < -0.3 is 19.3 Å². The first-order valence-electron chi connectivity index (χ1n) is 5.86. The molecule has 4 nitrogen and oxygen atoms in total. The van der Waals surface area contributed by atoms with E-state index < -0.39 is 6.10 Å². The van der Waals surface area contributed by atoms with E-state index in [1.165, 1.54) is 0 Å². The third-order valence-electron chi connectivity index (χ3n) is 3.42. The van der Waals surface area contributed by atoms with Crippen molar-refractivity contribution in [2.24, 2.45) is 0 Å². The molecule has 1 saturated heterocycles. The van der Waals surface area contributed by atoms with Crippen LogP contribution in [0, 0.1) is 0 Å². The zero-order chi connectivity index (χ0) is 11.8. The molecule has 3 rings (SSSR count). The average molecular weight is 236 g/mol. The van der Waals surface area contributed by atoms with Gasteiger partial charge in [0.25, 0.3) is 0 Å². The van der Waals surface area contributed by atoms with Crippen molar-refractivity contribution in [3.05, 3.63) is 29.3 Å². The van der Waals surface area contributed by atoms with E-state index in [1.54, 1.807) is 7.11 Å². The standard InChI is InChI=1S/C13H16O4/c1-15-9-3-2-8-4-12(13(14)11(8)5-9)17-10-6-16-7-10/h2-3,5,10,12-14H,4,6-7H2,1H3. The number of hydrogen-bond donors (Lipinski definition) is 1. The molecule has 1 heterocycles. The van der Waals surface area contributed by atoms with Crippen molar-refractivity contribution in [2.45, 2.75) is 24.7 Å². The fraction of sp³-hybridized carbons (Fsp3) is 0.538. The van der Waals surface area contributed by atoms with Crippen LogP contribution >= 0.6 is 0 Å². The van der Waals surface area contributed by atoms with Crippen molar-refractivity contribution < 1.29 is 19.3 Å². The lowest BCUT2D eigenvalue weighted by molar-refractivity contribution is -0.172. The molecule has 4 heteroatoms. The lowest BCUT2D eigenvalue weighted by Gasteiger charge is -2.30. The average Bonchev–Trinajstić information content (AvgIpc) is 2.61. The molecule has 2 aliphatic rings. The Morgan fingerprint density at radius 2 is 2.18 bits per heavy atom. The highest BCUT2D eigenvalue weighted by Crippen LogP contribution is 2.36. The predicted octanol–water partition coefficient (Wildman–Crippen LogP) is 1.07. The first kappa shape index (κ1) is 11.0. The van der Waals surface area contributed by atoms with Crippen LogP contribution in [0.25, 0.3) is 0 Å². The largest absolute Gasteiger partial charge is 0.497 e. The van der Waals surface area contributed by atoms with Crippen molar-refractivity contribution in [3.8, 4) is 5.75 Å². The molecule has 1 aromatic carbocycles. The first-order chi connectivity index (χ1) is 8.28. The SMILES string of the molecule is COc1ccc2c(c1)C(O)C(OC1COC1)C2. The summed E-state index contributed by atoms with van der Waals surface area (Å²) in [5, 5.41) is 10.2. The summed E-state index contributed by atoms with van der Waals surface area (Å²) < 4.78 is 16.0. The van der Waals surface area contributed by atoms with Crippen LogP contribution in [-0.2, 0) is 15.9 Å². The van der Waals surface area contributed by atoms with E-state index in [-0.39, 0.29) is 12.2 Å². The molecule has 0 amide bonds. The van der Waals surface area contributed by atoms with Crippen LogP contribution in [0.2, 0.25) is 0 Å². The van der Waals surface area contributed by atoms with Gasteiger partial charge in [0.1, 0.15) is 18.0 Å². The number of rotatable bonds is 3. The molecule has 2 atom stereocenters. The van der Waals surface area contributed by atoms with Gasteiger partial charge in [0.15, 0.2) is 0 Å². The monoisotopic (exact) mass is 236 g/mol. The van der Waals surface area contributed by atoms with Crippen LogP contribution in [0.4, 0.5) is 0 Å². The molecule has 1 aromatic rings. The molecular weight excluding hydrogens is 220 g/mol. The molecule has 2 unspecified atom stereocenters. The molecule has 0 spiro atoms. The number of methoxy groups -OCH3 is 1. The summed E-state index contributed by atoms with van der Waals surface area (Å²) in [6.45, 7) is 1.28. The quantitative estimate of drug-likeness (QED) is 0.852. The minimum absolute atomic E-state index is 0.144. The van der Waals surface area contributed by atoms with Crippen molar-refractivity contribution in [1.82, 2.24) is 0 Å². The molecule has 1 aliphatic heterocycles. The van der Waals surface area contributed by atoms with Crippen molar-refractivity contribution in [2.75, 3.05) is 20.3 Å². The zero-order valence-electron chi connectivity index (χ0n) is 9.76. The van der Waals surface area contributed by atoms with Crippen LogP contribution in [0.3, 0.4) is 0 Å². The maximum Gasteiger partial charge on any atom is 0.119 e. The van der Waals surface area contributed by atoms with Gasteiger partial charge in [-0.25, -0.2) is 0 Å². The molecule has 1 aliphatic carbocycles. The maximum absolute atomic E-state index is 10.2. The molecule has 1 N–H and O–H groups in total. The second-order valence-electron chi connectivity index (χ2n) is 4.55. The van der Waals surface area contributed by atoms with Crippen LogP contribution in [0.5, 0.6) is 5.75 Å². The molecule has 0 aromatic heterocycles. The Labute approximate surface area is 100 Å². The Hall–Kier alpha value is -1.10. The Morgan fingerprint density at radius 1 is 1.35 bits per heavy atom. The molecule has 92 valence electrons. The van der Waals surface area contributed by atoms with Gasteiger partial charge >= 0.3 is 0 Å². The van der Waals surface area contributed by atoms with Crippen LogP contribution < -0.4 is 4.74 Å². The summed E-state index contributed by atoms with van der Waals surface area (Å²) in [4.78, 5) is 0. The lowest BCUT2D eigenvalue weighted by Crippen LogP contribution is -2.40. The zero-order valence-corrected chi connectivity index (χ0v) is 9.76. The van der Waals surface area contributed by atoms with Gasteiger partial charge in [-0.2, -0.15) is 0 Å². The van der Waals surface area contributed by atoms with Crippen molar-refractivity contribution in [3.63, 3.8) is 0 Å². The van der Waals surface area contributed by atoms with Gasteiger partial charge in [-0.3, -0.25) is 0 Å². The van der Waals surface area contributed by atoms with E-state index in [0.717, 1.165) is 23.3 Å². The second-order valence-corrected chi connectivity index (χ2v) is 4.55. The highest BCUT2D eigenvalue weighted by molar-refractivity contribution is 5.41. The normalized spacial score (nSPS) is 27.6. The van der Waals surface area contributed by atoms with Gasteiger partial charge in [-0.1, -0.05) is 6.07 Å². The molecule has 17 heavy (non-hydrogen) atoms. The number of aliphatic hydroxyl groups excluding tert-OH is 1. The Balaban J connectivity index is 1.76. The predicted molar refractivity (Wildman–Crippen MR) is 61.1 cm³/mol.